The number of ether oxygens (including phenoxy) is 1. The molecule has 0 aliphatic rings. The molecule has 1 atom stereocenters. The summed E-state index contributed by atoms with van der Waals surface area (Å²) >= 11 is 0. The van der Waals surface area contributed by atoms with Crippen LogP contribution < -0.4 is 0 Å². The van der Waals surface area contributed by atoms with Crippen molar-refractivity contribution in [2.45, 2.75) is 5.60 Å². The Balaban J connectivity index is 2.94. The first kappa shape index (κ1) is 11.9. The predicted octanol–water partition coefficient (Wildman–Crippen LogP) is 1.07. The predicted molar refractivity (Wildman–Crippen MR) is 58.4 cm³/mol. The van der Waals surface area contributed by atoms with E-state index in [1.165, 1.54) is 0 Å². The molecule has 0 spiro atoms. The van der Waals surface area contributed by atoms with Gasteiger partial charge in [-0.05, 0) is 5.56 Å². The van der Waals surface area contributed by atoms with E-state index in [9.17, 15) is 5.11 Å². The van der Waals surface area contributed by atoms with Crippen LogP contribution >= 0.6 is 0 Å². The second kappa shape index (κ2) is 5.66. The van der Waals surface area contributed by atoms with E-state index in [0.29, 0.717) is 0 Å². The summed E-state index contributed by atoms with van der Waals surface area (Å²) in [5.74, 6) is 0. The Bertz CT molecular complexity index is 297. The molecule has 0 radical (unpaired) electrons. The Morgan fingerprint density at radius 1 is 1.27 bits per heavy atom. The molecule has 0 aromatic heterocycles. The van der Waals surface area contributed by atoms with Gasteiger partial charge in [0.05, 0.1) is 19.8 Å². The van der Waals surface area contributed by atoms with Crippen molar-refractivity contribution in [3.63, 3.8) is 0 Å². The fraction of sp³-hybridized carbons (Fsp3) is 0.333. The lowest BCUT2D eigenvalue weighted by Gasteiger charge is -2.28. The average molecular weight is 208 g/mol. The smallest absolute Gasteiger partial charge is 0.134 e. The molecule has 0 heterocycles. The quantitative estimate of drug-likeness (QED) is 0.687. The Morgan fingerprint density at radius 2 is 1.93 bits per heavy atom. The molecule has 0 unspecified atom stereocenters. The molecular formula is C12H16O3. The topological polar surface area (TPSA) is 49.7 Å². The summed E-state index contributed by atoms with van der Waals surface area (Å²) in [6, 6.07) is 9.34. The van der Waals surface area contributed by atoms with E-state index in [0.717, 1.165) is 5.56 Å². The van der Waals surface area contributed by atoms with Gasteiger partial charge in [-0.15, -0.1) is 0 Å². The Morgan fingerprint density at radius 3 is 2.40 bits per heavy atom. The SMILES string of the molecule is C=C[C@](CO)(OCCO)c1ccccc1. The van der Waals surface area contributed by atoms with Crippen molar-refractivity contribution in [2.75, 3.05) is 19.8 Å². The van der Waals surface area contributed by atoms with Crippen LogP contribution in [0.15, 0.2) is 43.0 Å². The molecule has 1 aromatic rings. The summed E-state index contributed by atoms with van der Waals surface area (Å²) < 4.78 is 5.45. The second-order valence-corrected chi connectivity index (χ2v) is 3.19. The Kier molecular flexibility index (Phi) is 4.49. The first-order valence-corrected chi connectivity index (χ1v) is 4.84. The minimum Gasteiger partial charge on any atom is -0.394 e. The maximum absolute atomic E-state index is 9.38. The highest BCUT2D eigenvalue weighted by molar-refractivity contribution is 5.27. The van der Waals surface area contributed by atoms with Gasteiger partial charge in [0.25, 0.3) is 0 Å². The molecule has 0 saturated carbocycles. The summed E-state index contributed by atoms with van der Waals surface area (Å²) in [6.45, 7) is 3.56. The molecule has 0 amide bonds. The third-order valence-electron chi connectivity index (χ3n) is 2.28. The summed E-state index contributed by atoms with van der Waals surface area (Å²) in [5.41, 5.74) is -0.0831. The lowest BCUT2D eigenvalue weighted by Crippen LogP contribution is -2.32. The highest BCUT2D eigenvalue weighted by Gasteiger charge is 2.28. The normalized spacial score (nSPS) is 14.5. The molecule has 3 heteroatoms. The molecule has 0 bridgehead atoms. The van der Waals surface area contributed by atoms with Gasteiger partial charge in [0.15, 0.2) is 0 Å². The molecule has 0 fully saturated rings. The fourth-order valence-corrected chi connectivity index (χ4v) is 1.41. The van der Waals surface area contributed by atoms with Crippen LogP contribution in [0, 0.1) is 0 Å². The molecule has 2 N–H and O–H groups in total. The van der Waals surface area contributed by atoms with Gasteiger partial charge in [-0.2, -0.15) is 0 Å². The van der Waals surface area contributed by atoms with Crippen LogP contribution in [0.5, 0.6) is 0 Å². The van der Waals surface area contributed by atoms with Crippen molar-refractivity contribution in [3.8, 4) is 0 Å². The molecule has 0 aliphatic heterocycles. The maximum atomic E-state index is 9.38. The zero-order valence-electron chi connectivity index (χ0n) is 8.60. The van der Waals surface area contributed by atoms with Gasteiger partial charge >= 0.3 is 0 Å². The van der Waals surface area contributed by atoms with E-state index in [1.54, 1.807) is 6.08 Å². The Labute approximate surface area is 89.6 Å². The molecule has 1 rings (SSSR count). The Hall–Kier alpha value is -1.16. The first-order chi connectivity index (χ1) is 7.29. The summed E-state index contributed by atoms with van der Waals surface area (Å²) in [5, 5.41) is 18.1. The summed E-state index contributed by atoms with van der Waals surface area (Å²) in [4.78, 5) is 0. The van der Waals surface area contributed by atoms with Crippen LogP contribution in [0.2, 0.25) is 0 Å². The standard InChI is InChI=1S/C12H16O3/c1-2-12(10-14,15-9-8-13)11-6-4-3-5-7-11/h2-7,13-14H,1,8-10H2/t12-/m1/s1. The largest absolute Gasteiger partial charge is 0.394 e. The van der Waals surface area contributed by atoms with Crippen LogP contribution in [0.25, 0.3) is 0 Å². The van der Waals surface area contributed by atoms with Gasteiger partial charge in [-0.1, -0.05) is 43.0 Å². The van der Waals surface area contributed by atoms with Gasteiger partial charge in [0.2, 0.25) is 0 Å². The van der Waals surface area contributed by atoms with Crippen molar-refractivity contribution in [2.24, 2.45) is 0 Å². The van der Waals surface area contributed by atoms with Crippen LogP contribution in [0.3, 0.4) is 0 Å². The molecule has 0 saturated heterocycles. The van der Waals surface area contributed by atoms with Crippen molar-refractivity contribution < 1.29 is 14.9 Å². The molecule has 0 aliphatic carbocycles. The monoisotopic (exact) mass is 208 g/mol. The van der Waals surface area contributed by atoms with Crippen LogP contribution in [0.4, 0.5) is 0 Å². The third kappa shape index (κ3) is 2.65. The highest BCUT2D eigenvalue weighted by atomic mass is 16.5. The lowest BCUT2D eigenvalue weighted by atomic mass is 9.94. The summed E-state index contributed by atoms with van der Waals surface area (Å²) in [7, 11) is 0. The number of aliphatic hydroxyl groups is 2. The van der Waals surface area contributed by atoms with Crippen molar-refractivity contribution in [3.05, 3.63) is 48.6 Å². The highest BCUT2D eigenvalue weighted by Crippen LogP contribution is 2.26. The number of benzene rings is 1. The maximum Gasteiger partial charge on any atom is 0.134 e. The fourth-order valence-electron chi connectivity index (χ4n) is 1.41. The summed E-state index contributed by atoms with van der Waals surface area (Å²) in [6.07, 6.45) is 1.55. The third-order valence-corrected chi connectivity index (χ3v) is 2.28. The first-order valence-electron chi connectivity index (χ1n) is 4.84. The van der Waals surface area contributed by atoms with Crippen LogP contribution in [-0.2, 0) is 10.3 Å². The average Bonchev–Trinajstić information content (AvgIpc) is 2.33. The van der Waals surface area contributed by atoms with Crippen LogP contribution in [0.1, 0.15) is 5.56 Å². The molecular weight excluding hydrogens is 192 g/mol. The van der Waals surface area contributed by atoms with E-state index in [2.05, 4.69) is 6.58 Å². The number of hydrogen-bond donors (Lipinski definition) is 2. The lowest BCUT2D eigenvalue weighted by molar-refractivity contribution is -0.0608. The zero-order valence-corrected chi connectivity index (χ0v) is 8.60. The van der Waals surface area contributed by atoms with Gasteiger partial charge in [-0.25, -0.2) is 0 Å². The number of hydrogen-bond acceptors (Lipinski definition) is 3. The van der Waals surface area contributed by atoms with Crippen molar-refractivity contribution in [1.82, 2.24) is 0 Å². The minimum atomic E-state index is -0.913. The van der Waals surface area contributed by atoms with Crippen molar-refractivity contribution >= 4 is 0 Å². The van der Waals surface area contributed by atoms with E-state index < -0.39 is 5.60 Å². The molecule has 82 valence electrons. The number of rotatable bonds is 6. The van der Waals surface area contributed by atoms with Gasteiger partial charge < -0.3 is 14.9 Å². The van der Waals surface area contributed by atoms with Gasteiger partial charge in [-0.3, -0.25) is 0 Å². The van der Waals surface area contributed by atoms with Gasteiger partial charge in [0.1, 0.15) is 5.60 Å². The molecule has 15 heavy (non-hydrogen) atoms. The van der Waals surface area contributed by atoms with E-state index in [4.69, 9.17) is 9.84 Å². The van der Waals surface area contributed by atoms with Crippen LogP contribution in [-0.4, -0.2) is 30.0 Å². The molecule has 3 nitrogen and oxygen atoms in total. The van der Waals surface area contributed by atoms with E-state index in [1.807, 2.05) is 30.3 Å². The number of aliphatic hydroxyl groups excluding tert-OH is 2. The zero-order chi connectivity index (χ0) is 11.1. The minimum absolute atomic E-state index is 0.0809. The van der Waals surface area contributed by atoms with E-state index >= 15 is 0 Å². The molecule has 1 aromatic carbocycles. The van der Waals surface area contributed by atoms with Gasteiger partial charge in [0, 0.05) is 0 Å². The second-order valence-electron chi connectivity index (χ2n) is 3.19. The van der Waals surface area contributed by atoms with E-state index in [-0.39, 0.29) is 19.8 Å². The van der Waals surface area contributed by atoms with Crippen molar-refractivity contribution in [1.29, 1.82) is 0 Å².